The van der Waals surface area contributed by atoms with E-state index in [2.05, 4.69) is 0 Å². The van der Waals surface area contributed by atoms with Crippen LogP contribution < -0.4 is 0 Å². The summed E-state index contributed by atoms with van der Waals surface area (Å²) in [6.07, 6.45) is -2.55. The maximum Gasteiger partial charge on any atom is 0.261 e. The minimum absolute atomic E-state index is 0.310. The summed E-state index contributed by atoms with van der Waals surface area (Å²) in [5.74, 6) is -0.434. The van der Waals surface area contributed by atoms with E-state index in [-0.39, 0.29) is 0 Å². The standard InChI is InChI=1S/C11H12F3IO/c1-11(7-15,16-6-10(13)14)8-4-2-3-5-9(8)12/h2-5,10H,6-7H2,1H3. The van der Waals surface area contributed by atoms with Crippen molar-refractivity contribution < 1.29 is 17.9 Å². The van der Waals surface area contributed by atoms with E-state index in [0.29, 0.717) is 9.99 Å². The molecule has 0 amide bonds. The van der Waals surface area contributed by atoms with E-state index in [9.17, 15) is 13.2 Å². The summed E-state index contributed by atoms with van der Waals surface area (Å²) < 4.78 is 43.2. The average molecular weight is 344 g/mol. The van der Waals surface area contributed by atoms with Gasteiger partial charge in [-0.15, -0.1) is 0 Å². The third-order valence-corrected chi connectivity index (χ3v) is 3.68. The first-order valence-corrected chi connectivity index (χ1v) is 6.25. The fourth-order valence-electron chi connectivity index (χ4n) is 1.33. The molecule has 0 N–H and O–H groups in total. The van der Waals surface area contributed by atoms with Crippen LogP contribution in [-0.4, -0.2) is 17.5 Å². The van der Waals surface area contributed by atoms with E-state index in [1.807, 2.05) is 22.6 Å². The van der Waals surface area contributed by atoms with Crippen LogP contribution in [0, 0.1) is 5.82 Å². The lowest BCUT2D eigenvalue weighted by molar-refractivity contribution is -0.0709. The van der Waals surface area contributed by atoms with Gasteiger partial charge in [-0.3, -0.25) is 0 Å². The van der Waals surface area contributed by atoms with Crippen LogP contribution in [0.3, 0.4) is 0 Å². The van der Waals surface area contributed by atoms with Crippen LogP contribution in [0.25, 0.3) is 0 Å². The van der Waals surface area contributed by atoms with Gasteiger partial charge >= 0.3 is 0 Å². The molecule has 1 aromatic carbocycles. The Morgan fingerprint density at radius 2 is 2.00 bits per heavy atom. The number of rotatable bonds is 5. The molecule has 16 heavy (non-hydrogen) atoms. The highest BCUT2D eigenvalue weighted by Crippen LogP contribution is 2.30. The second-order valence-corrected chi connectivity index (χ2v) is 4.31. The van der Waals surface area contributed by atoms with Crippen LogP contribution in [0.15, 0.2) is 24.3 Å². The molecule has 0 saturated carbocycles. The molecule has 0 aromatic heterocycles. The van der Waals surface area contributed by atoms with Gasteiger partial charge in [-0.2, -0.15) is 0 Å². The van der Waals surface area contributed by atoms with Crippen LogP contribution >= 0.6 is 22.6 Å². The summed E-state index contributed by atoms with van der Waals surface area (Å²) in [5.41, 5.74) is -0.701. The van der Waals surface area contributed by atoms with Crippen molar-refractivity contribution in [1.82, 2.24) is 0 Å². The van der Waals surface area contributed by atoms with E-state index >= 15 is 0 Å². The predicted molar refractivity (Wildman–Crippen MR) is 64.6 cm³/mol. The Morgan fingerprint density at radius 1 is 1.38 bits per heavy atom. The Hall–Kier alpha value is -0.300. The summed E-state index contributed by atoms with van der Waals surface area (Å²) in [6.45, 7) is 0.925. The molecule has 1 rings (SSSR count). The monoisotopic (exact) mass is 344 g/mol. The van der Waals surface area contributed by atoms with Gasteiger partial charge in [0.05, 0.1) is 0 Å². The van der Waals surface area contributed by atoms with E-state index < -0.39 is 24.5 Å². The highest BCUT2D eigenvalue weighted by atomic mass is 127. The molecule has 1 atom stereocenters. The van der Waals surface area contributed by atoms with Crippen molar-refractivity contribution in [2.24, 2.45) is 0 Å². The van der Waals surface area contributed by atoms with Crippen LogP contribution in [0.1, 0.15) is 12.5 Å². The van der Waals surface area contributed by atoms with Crippen molar-refractivity contribution in [3.63, 3.8) is 0 Å². The lowest BCUT2D eigenvalue weighted by atomic mass is 9.97. The maximum absolute atomic E-state index is 13.5. The Morgan fingerprint density at radius 3 is 2.50 bits per heavy atom. The van der Waals surface area contributed by atoms with Gasteiger partial charge in [0.1, 0.15) is 18.0 Å². The molecule has 0 aliphatic rings. The maximum atomic E-state index is 13.5. The van der Waals surface area contributed by atoms with Crippen molar-refractivity contribution in [1.29, 1.82) is 0 Å². The number of hydrogen-bond acceptors (Lipinski definition) is 1. The molecule has 0 spiro atoms. The van der Waals surface area contributed by atoms with Crippen molar-refractivity contribution in [3.05, 3.63) is 35.6 Å². The van der Waals surface area contributed by atoms with Crippen molar-refractivity contribution in [2.75, 3.05) is 11.0 Å². The average Bonchev–Trinajstić information content (AvgIpc) is 2.26. The minimum Gasteiger partial charge on any atom is -0.364 e. The first kappa shape index (κ1) is 13.8. The highest BCUT2D eigenvalue weighted by molar-refractivity contribution is 14.1. The number of benzene rings is 1. The minimum atomic E-state index is -2.55. The Balaban J connectivity index is 2.91. The lowest BCUT2D eigenvalue weighted by Crippen LogP contribution is -2.31. The van der Waals surface area contributed by atoms with Gasteiger partial charge < -0.3 is 4.74 Å². The van der Waals surface area contributed by atoms with E-state index in [1.54, 1.807) is 25.1 Å². The van der Waals surface area contributed by atoms with Crippen LogP contribution in [-0.2, 0) is 10.3 Å². The Bertz CT molecular complexity index is 346. The summed E-state index contributed by atoms with van der Waals surface area (Å²) in [6, 6.07) is 6.07. The number of hydrogen-bond donors (Lipinski definition) is 0. The molecule has 1 aromatic rings. The molecule has 0 fully saturated rings. The molecular weight excluding hydrogens is 332 g/mol. The smallest absolute Gasteiger partial charge is 0.261 e. The van der Waals surface area contributed by atoms with Crippen LogP contribution in [0.2, 0.25) is 0 Å². The second-order valence-electron chi connectivity index (χ2n) is 3.55. The highest BCUT2D eigenvalue weighted by Gasteiger charge is 2.30. The third kappa shape index (κ3) is 3.35. The van der Waals surface area contributed by atoms with Gasteiger partial charge in [0.15, 0.2) is 0 Å². The molecule has 1 nitrogen and oxygen atoms in total. The molecule has 5 heteroatoms. The summed E-state index contributed by atoms with van der Waals surface area (Å²) in [4.78, 5) is 0. The first-order valence-electron chi connectivity index (χ1n) is 4.72. The SMILES string of the molecule is CC(CI)(OCC(F)F)c1ccccc1F. The van der Waals surface area contributed by atoms with E-state index in [1.165, 1.54) is 6.07 Å². The normalized spacial score (nSPS) is 15.1. The number of alkyl halides is 3. The van der Waals surface area contributed by atoms with Crippen LogP contribution in [0.4, 0.5) is 13.2 Å². The van der Waals surface area contributed by atoms with Crippen molar-refractivity contribution >= 4 is 22.6 Å². The zero-order valence-electron chi connectivity index (χ0n) is 8.72. The number of ether oxygens (including phenoxy) is 1. The van der Waals surface area contributed by atoms with Gasteiger partial charge in [0.25, 0.3) is 6.43 Å². The van der Waals surface area contributed by atoms with Crippen LogP contribution in [0.5, 0.6) is 0 Å². The molecule has 0 radical (unpaired) electrons. The van der Waals surface area contributed by atoms with E-state index in [4.69, 9.17) is 4.74 Å². The van der Waals surface area contributed by atoms with Crippen molar-refractivity contribution in [2.45, 2.75) is 19.0 Å². The molecule has 1 unspecified atom stereocenters. The molecule has 0 aliphatic carbocycles. The lowest BCUT2D eigenvalue weighted by Gasteiger charge is -2.28. The number of halogens is 4. The summed E-state index contributed by atoms with van der Waals surface area (Å²) in [7, 11) is 0. The van der Waals surface area contributed by atoms with Gasteiger partial charge in [0.2, 0.25) is 0 Å². The largest absolute Gasteiger partial charge is 0.364 e. The fourth-order valence-corrected chi connectivity index (χ4v) is 1.96. The van der Waals surface area contributed by atoms with Gasteiger partial charge in [-0.1, -0.05) is 40.8 Å². The van der Waals surface area contributed by atoms with Gasteiger partial charge in [-0.05, 0) is 13.0 Å². The Labute approximate surface area is 106 Å². The molecule has 0 aliphatic heterocycles. The summed E-state index contributed by atoms with van der Waals surface area (Å²) >= 11 is 2.00. The molecule has 0 heterocycles. The molecule has 90 valence electrons. The fraction of sp³-hybridized carbons (Fsp3) is 0.455. The third-order valence-electron chi connectivity index (χ3n) is 2.23. The molecule has 0 saturated heterocycles. The van der Waals surface area contributed by atoms with E-state index in [0.717, 1.165) is 0 Å². The predicted octanol–water partition coefficient (Wildman–Crippen LogP) is 3.76. The zero-order valence-corrected chi connectivity index (χ0v) is 10.9. The molecular formula is C11H12F3IO. The zero-order chi connectivity index (χ0) is 12.2. The Kier molecular flexibility index (Phi) is 5.04. The topological polar surface area (TPSA) is 9.23 Å². The quantitative estimate of drug-likeness (QED) is 0.584. The van der Waals surface area contributed by atoms with Crippen molar-refractivity contribution in [3.8, 4) is 0 Å². The summed E-state index contributed by atoms with van der Waals surface area (Å²) in [5, 5.41) is 0. The van der Waals surface area contributed by atoms with Gasteiger partial charge in [0, 0.05) is 9.99 Å². The van der Waals surface area contributed by atoms with Gasteiger partial charge in [-0.25, -0.2) is 13.2 Å². The molecule has 0 bridgehead atoms. The second kappa shape index (κ2) is 5.86. The first-order chi connectivity index (χ1) is 7.49.